The number of carboxylic acid groups (broad SMARTS) is 1. The zero-order valence-electron chi connectivity index (χ0n) is 55.8. The Morgan fingerprint density at radius 3 is 0.684 bits per heavy atom. The number of hydrogen-bond donors (Lipinski definition) is 19. The second kappa shape index (κ2) is 51.1. The molecule has 0 aromatic heterocycles. The number of aliphatic carboxylic acids is 1. The number of amides is 9. The minimum absolute atomic E-state index is 0.0310. The number of nitrogens with one attached hydrogen (secondary N) is 9. The molecular weight excluding hydrogens is 1220 g/mol. The minimum atomic E-state index is -1.37. The van der Waals surface area contributed by atoms with Gasteiger partial charge in [0.2, 0.25) is 53.2 Å². The van der Waals surface area contributed by atoms with Crippen molar-refractivity contribution in [3.05, 3.63) is 71.8 Å². The first-order chi connectivity index (χ1) is 45.8. The average molecular weight is 1340 g/mol. The Bertz CT molecular complexity index is 2540. The smallest absolute Gasteiger partial charge is 0.326 e. The molecule has 536 valence electrons. The summed E-state index contributed by atoms with van der Waals surface area (Å²) in [7, 11) is 0. The van der Waals surface area contributed by atoms with Gasteiger partial charge in [0.1, 0.15) is 54.4 Å². The maximum absolute atomic E-state index is 14.8. The molecule has 28 N–H and O–H groups in total. The molecule has 2 aromatic rings. The highest BCUT2D eigenvalue weighted by Gasteiger charge is 2.36. The molecule has 29 nitrogen and oxygen atoms in total. The van der Waals surface area contributed by atoms with Crippen molar-refractivity contribution in [2.24, 2.45) is 51.6 Å². The molecule has 0 aliphatic carbocycles. The summed E-state index contributed by atoms with van der Waals surface area (Å²) in [6.45, 7) is 2.45. The number of unbranched alkanes of at least 4 members (excludes halogenated alkanes) is 8. The van der Waals surface area contributed by atoms with Gasteiger partial charge in [-0.25, -0.2) is 4.79 Å². The molecule has 0 saturated heterocycles. The maximum Gasteiger partial charge on any atom is 0.326 e. The first-order valence-electron chi connectivity index (χ1n) is 34.2. The van der Waals surface area contributed by atoms with Gasteiger partial charge >= 0.3 is 5.97 Å². The Kier molecular flexibility index (Phi) is 45.1. The Hall–Kier alpha value is -7.22. The summed E-state index contributed by atoms with van der Waals surface area (Å²) in [5.41, 5.74) is 53.9. The lowest BCUT2D eigenvalue weighted by molar-refractivity contribution is -0.142. The molecule has 10 atom stereocenters. The molecule has 9 amide bonds. The topological polar surface area (TPSA) is 533 Å². The average Bonchev–Trinajstić information content (AvgIpc) is 1.54. The molecule has 2 rings (SSSR count). The van der Waals surface area contributed by atoms with Crippen molar-refractivity contribution in [1.82, 2.24) is 47.9 Å². The number of rotatable bonds is 55. The Morgan fingerprint density at radius 2 is 0.453 bits per heavy atom. The van der Waals surface area contributed by atoms with Crippen LogP contribution >= 0.6 is 0 Å². The molecule has 2 aromatic carbocycles. The van der Waals surface area contributed by atoms with E-state index in [4.69, 9.17) is 51.6 Å². The van der Waals surface area contributed by atoms with Crippen molar-refractivity contribution in [3.8, 4) is 0 Å². The SMILES string of the molecule is NCCCC[C@H](NC(=O)[C@H](Cc1ccccc1)NC(=O)[C@H](CCCCN)NC(=O)[C@H](Cc1ccccc1)NC(=O)[C@H](CCCCN)NC(=O)[C@H](CCCCN)NC(=O)[C@H](CCCCN)NC(=O)[C@H](CCCCN)NC(=O)[C@H](CCCCN)NC(=O)[C@@H](N)CCCCN)C(=O)O. The minimum Gasteiger partial charge on any atom is -0.480 e. The van der Waals surface area contributed by atoms with Crippen molar-refractivity contribution >= 4 is 59.1 Å². The third-order valence-electron chi connectivity index (χ3n) is 16.2. The van der Waals surface area contributed by atoms with Gasteiger partial charge in [0.15, 0.2) is 0 Å². The summed E-state index contributed by atoms with van der Waals surface area (Å²) < 4.78 is 0. The van der Waals surface area contributed by atoms with Gasteiger partial charge in [-0.1, -0.05) is 67.1 Å². The van der Waals surface area contributed by atoms with Crippen LogP contribution in [0.4, 0.5) is 0 Å². The standard InChI is InChI=1S/C66H116N18O11/c67-35-15-7-27-47(75)57(85)76-48(28-8-16-36-68)58(86)77-49(29-9-17-37-69)59(87)78-50(30-10-18-38-70)60(88)79-51(31-11-19-39-71)61(89)80-52(32-12-20-40-72)62(90)83-55(43-45-23-3-1-4-24-45)64(92)81-53(33-13-21-41-73)63(91)84-56(44-46-25-5-2-6-26-46)65(93)82-54(66(94)95)34-14-22-42-74/h1-6,23-26,47-56H,7-22,27-44,67-75H2,(H,76,85)(H,77,86)(H,78,87)(H,79,88)(H,80,89)(H,81,92)(H,82,93)(H,83,90)(H,84,91)(H,94,95)/t47-,48-,49-,50-,51-,52-,53-,54-,55-,56-/m0/s1. The highest BCUT2D eigenvalue weighted by Crippen LogP contribution is 2.15. The second-order valence-electron chi connectivity index (χ2n) is 24.2. The molecule has 0 spiro atoms. The molecule has 0 radical (unpaired) electrons. The van der Waals surface area contributed by atoms with E-state index >= 15 is 0 Å². The Morgan fingerprint density at radius 1 is 0.263 bits per heavy atom. The molecular formula is C66H116N18O11. The monoisotopic (exact) mass is 1340 g/mol. The van der Waals surface area contributed by atoms with Gasteiger partial charge in [-0.2, -0.15) is 0 Å². The molecule has 29 heteroatoms. The summed E-state index contributed by atoms with van der Waals surface area (Å²) in [5.74, 6) is -7.73. The lowest BCUT2D eigenvalue weighted by Crippen LogP contribution is -2.61. The van der Waals surface area contributed by atoms with E-state index in [1.807, 2.05) is 0 Å². The molecule has 0 aliphatic rings. The van der Waals surface area contributed by atoms with E-state index in [0.29, 0.717) is 146 Å². The van der Waals surface area contributed by atoms with Crippen LogP contribution in [-0.2, 0) is 60.8 Å². The van der Waals surface area contributed by atoms with Crippen LogP contribution in [0.5, 0.6) is 0 Å². The number of carboxylic acids is 1. The van der Waals surface area contributed by atoms with Gasteiger partial charge in [-0.05, 0) is 211 Å². The molecule has 0 fully saturated rings. The highest BCUT2D eigenvalue weighted by atomic mass is 16.4. The number of hydrogen-bond acceptors (Lipinski definition) is 19. The van der Waals surface area contributed by atoms with E-state index < -0.39 is 120 Å². The van der Waals surface area contributed by atoms with Crippen LogP contribution in [-0.4, -0.2) is 177 Å². The Balaban J connectivity index is 2.58. The van der Waals surface area contributed by atoms with Crippen molar-refractivity contribution in [2.75, 3.05) is 52.4 Å². The van der Waals surface area contributed by atoms with Gasteiger partial charge in [-0.3, -0.25) is 43.2 Å². The van der Waals surface area contributed by atoms with Gasteiger partial charge in [0.25, 0.3) is 0 Å². The normalized spacial score (nSPS) is 14.4. The van der Waals surface area contributed by atoms with E-state index in [-0.39, 0.29) is 84.0 Å². The van der Waals surface area contributed by atoms with Crippen LogP contribution in [0.3, 0.4) is 0 Å². The third-order valence-corrected chi connectivity index (χ3v) is 16.2. The summed E-state index contributed by atoms with van der Waals surface area (Å²) in [6, 6.07) is 5.31. The van der Waals surface area contributed by atoms with Gasteiger partial charge < -0.3 is 105 Å². The lowest BCUT2D eigenvalue weighted by atomic mass is 10.0. The van der Waals surface area contributed by atoms with Crippen LogP contribution in [0, 0.1) is 0 Å². The number of carbonyl (C=O) groups is 10. The highest BCUT2D eigenvalue weighted by molar-refractivity contribution is 5.98. The second-order valence-corrected chi connectivity index (χ2v) is 24.2. The van der Waals surface area contributed by atoms with E-state index in [0.717, 1.165) is 0 Å². The first kappa shape index (κ1) is 83.9. The largest absolute Gasteiger partial charge is 0.480 e. The van der Waals surface area contributed by atoms with Crippen LogP contribution in [0.2, 0.25) is 0 Å². The van der Waals surface area contributed by atoms with Crippen LogP contribution in [0.25, 0.3) is 0 Å². The molecule has 0 heterocycles. The van der Waals surface area contributed by atoms with Gasteiger partial charge in [0, 0.05) is 12.8 Å². The molecule has 0 aliphatic heterocycles. The summed E-state index contributed by atoms with van der Waals surface area (Å²) >= 11 is 0. The number of carbonyl (C=O) groups excluding carboxylic acids is 9. The van der Waals surface area contributed by atoms with Gasteiger partial charge in [-0.15, -0.1) is 0 Å². The molecule has 0 unspecified atom stereocenters. The fraction of sp³-hybridized carbons (Fsp3) is 0.667. The van der Waals surface area contributed by atoms with Crippen LogP contribution < -0.4 is 99.5 Å². The predicted molar refractivity (Wildman–Crippen MR) is 367 cm³/mol. The van der Waals surface area contributed by atoms with E-state index in [9.17, 15) is 53.1 Å². The van der Waals surface area contributed by atoms with E-state index in [1.165, 1.54) is 0 Å². The van der Waals surface area contributed by atoms with E-state index in [1.54, 1.807) is 60.7 Å². The zero-order valence-corrected chi connectivity index (χ0v) is 55.8. The van der Waals surface area contributed by atoms with E-state index in [2.05, 4.69) is 47.9 Å². The zero-order chi connectivity index (χ0) is 70.2. The lowest BCUT2D eigenvalue weighted by Gasteiger charge is -2.28. The summed E-state index contributed by atoms with van der Waals surface area (Å²) in [5, 5.41) is 35.0. The number of benzene rings is 2. The van der Waals surface area contributed by atoms with Crippen molar-refractivity contribution in [1.29, 1.82) is 0 Å². The fourth-order valence-corrected chi connectivity index (χ4v) is 10.5. The summed E-state index contributed by atoms with van der Waals surface area (Å²) in [6.07, 6.45) is 8.34. The molecule has 0 saturated carbocycles. The van der Waals surface area contributed by atoms with Crippen molar-refractivity contribution in [2.45, 2.75) is 227 Å². The van der Waals surface area contributed by atoms with Crippen LogP contribution in [0.15, 0.2) is 60.7 Å². The predicted octanol–water partition coefficient (Wildman–Crippen LogP) is -1.72. The molecule has 0 bridgehead atoms. The maximum atomic E-state index is 14.8. The summed E-state index contributed by atoms with van der Waals surface area (Å²) in [4.78, 5) is 142. The Labute approximate surface area is 561 Å². The third kappa shape index (κ3) is 35.4. The first-order valence-corrected chi connectivity index (χ1v) is 34.2. The van der Waals surface area contributed by atoms with Crippen molar-refractivity contribution in [3.63, 3.8) is 0 Å². The number of nitrogens with two attached hydrogens (primary N) is 9. The fourth-order valence-electron chi connectivity index (χ4n) is 10.5. The van der Waals surface area contributed by atoms with Gasteiger partial charge in [0.05, 0.1) is 6.04 Å². The quantitative estimate of drug-likeness (QED) is 0.0328. The molecule has 95 heavy (non-hydrogen) atoms. The van der Waals surface area contributed by atoms with Crippen molar-refractivity contribution < 1.29 is 53.1 Å². The van der Waals surface area contributed by atoms with Crippen LogP contribution in [0.1, 0.15) is 165 Å².